The zero-order valence-corrected chi connectivity index (χ0v) is 33.5. The quantitative estimate of drug-likeness (QED) is 0.0792. The second-order valence-corrected chi connectivity index (χ2v) is 15.7. The van der Waals surface area contributed by atoms with Crippen molar-refractivity contribution in [1.29, 1.82) is 0 Å². The van der Waals surface area contributed by atoms with E-state index in [4.69, 9.17) is 0 Å². The molecule has 5 rings (SSSR count). The van der Waals surface area contributed by atoms with Crippen LogP contribution in [-0.2, 0) is 43.0 Å². The summed E-state index contributed by atoms with van der Waals surface area (Å²) >= 11 is 0. The minimum Gasteiger partial charge on any atom is -0.568 e. The predicted octanol–water partition coefficient (Wildman–Crippen LogP) is 10.1. The number of hydrogen-bond acceptors (Lipinski definition) is 12. The number of sulfonamides is 2. The van der Waals surface area contributed by atoms with Crippen LogP contribution >= 0.6 is 0 Å². The Bertz CT molecular complexity index is 2190. The van der Waals surface area contributed by atoms with Gasteiger partial charge < -0.3 is 29.2 Å². The molecule has 0 radical (unpaired) electrons. The Morgan fingerprint density at radius 2 is 1.28 bits per heavy atom. The van der Waals surface area contributed by atoms with Gasteiger partial charge in [-0.25, -0.2) is 26.8 Å². The monoisotopic (exact) mass is 890 g/mol. The molecule has 0 bridgehead atoms. The molecule has 0 aliphatic carbocycles. The van der Waals surface area contributed by atoms with Gasteiger partial charge in [-0.2, -0.15) is 26.3 Å². The number of aryl methyl sites for hydroxylation is 1. The third kappa shape index (κ3) is 12.1. The van der Waals surface area contributed by atoms with E-state index in [0.29, 0.717) is 24.3 Å². The number of fused-ring (bicyclic) bond motifs is 1. The van der Waals surface area contributed by atoms with Gasteiger partial charge in [-0.1, -0.05) is 23.5 Å². The van der Waals surface area contributed by atoms with Crippen LogP contribution in [0.5, 0.6) is 0 Å². The fourth-order valence-corrected chi connectivity index (χ4v) is 6.55. The Kier molecular flexibility index (Phi) is 15.6. The van der Waals surface area contributed by atoms with Crippen molar-refractivity contribution in [3.05, 3.63) is 70.1 Å². The number of aromatic nitrogens is 4. The number of anilines is 2. The molecule has 1 aliphatic rings. The number of halogens is 6. The Morgan fingerprint density at radius 1 is 0.772 bits per heavy atom. The smallest absolute Gasteiger partial charge is 0.568 e. The van der Waals surface area contributed by atoms with Crippen LogP contribution in [0, 0.1) is 0 Å². The maximum absolute atomic E-state index is 12.8. The Hall–Kier alpha value is -4.77. The fraction of sp³-hybridized carbons (Fsp3) is 0.438. The number of nitrogens with zero attached hydrogens (tertiary/aromatic N) is 10. The van der Waals surface area contributed by atoms with Gasteiger partial charge in [-0.15, -0.1) is 20.5 Å². The van der Waals surface area contributed by atoms with E-state index in [2.05, 4.69) is 49.8 Å². The summed E-state index contributed by atoms with van der Waals surface area (Å²) in [5.74, 6) is 0.245. The first kappa shape index (κ1) is 46.6. The molecule has 2 aromatic heterocycles. The van der Waals surface area contributed by atoms with Crippen LogP contribution in [0.3, 0.4) is 0 Å². The van der Waals surface area contributed by atoms with Crippen molar-refractivity contribution in [2.24, 2.45) is 20.5 Å². The molecular weight excluding hydrogens is 853 g/mol. The molecule has 314 valence electrons. The van der Waals surface area contributed by atoms with E-state index in [0.717, 1.165) is 24.9 Å². The molecule has 2 aromatic carbocycles. The standard InChI is InChI=1S/C16H18F3N6O2S.C16H20F3N6O2S.Ni/c1-2-25-8-4-3-5-11-9-12(22-23-15-20-6-7-21-15)13(10-14(11)25)24-28(26,27)16(17,18)19;1-10(2)25(11(3)4)12-5-6-13(22-23-15-20-7-8-21-15)14(9-12)24-28(26,27)16(17,18)19;/h6-7,9-10H,2-5,8H2,1H3,(H,20,21);5-11H,1-4H3,(H,20,21);/q2*-1;+2. The molecular formula is C32H38F6N12NiO4S2. The number of H-pyrrole nitrogens is 2. The topological polar surface area (TPSA) is 210 Å². The van der Waals surface area contributed by atoms with Crippen molar-refractivity contribution in [2.45, 2.75) is 77.0 Å². The summed E-state index contributed by atoms with van der Waals surface area (Å²) in [7, 11) is -11.5. The van der Waals surface area contributed by atoms with E-state index in [-0.39, 0.29) is 51.8 Å². The van der Waals surface area contributed by atoms with Crippen LogP contribution in [0.1, 0.15) is 53.0 Å². The number of aromatic amines is 2. The summed E-state index contributed by atoms with van der Waals surface area (Å²) in [6.07, 6.45) is 8.35. The maximum atomic E-state index is 12.8. The Balaban J connectivity index is 0.000000300. The van der Waals surface area contributed by atoms with Crippen molar-refractivity contribution in [3.63, 3.8) is 0 Å². The summed E-state index contributed by atoms with van der Waals surface area (Å²) < 4.78 is 129. The van der Waals surface area contributed by atoms with Gasteiger partial charge >= 0.3 is 27.5 Å². The molecule has 4 aromatic rings. The van der Waals surface area contributed by atoms with Crippen LogP contribution in [0.2, 0.25) is 0 Å². The summed E-state index contributed by atoms with van der Waals surface area (Å²) in [6.45, 7) is 10.9. The second kappa shape index (κ2) is 19.1. The molecule has 1 aliphatic heterocycles. The predicted molar refractivity (Wildman–Crippen MR) is 198 cm³/mol. The van der Waals surface area contributed by atoms with E-state index in [9.17, 15) is 43.2 Å². The van der Waals surface area contributed by atoms with Gasteiger partial charge in [0, 0.05) is 61.3 Å². The molecule has 0 spiro atoms. The van der Waals surface area contributed by atoms with Gasteiger partial charge in [0.2, 0.25) is 11.9 Å². The molecule has 0 saturated heterocycles. The summed E-state index contributed by atoms with van der Waals surface area (Å²) in [5, 5.41) is 15.2. The zero-order valence-electron chi connectivity index (χ0n) is 30.9. The minimum atomic E-state index is -5.75. The molecule has 2 N–H and O–H groups in total. The van der Waals surface area contributed by atoms with E-state index in [1.165, 1.54) is 43.0 Å². The second-order valence-electron chi connectivity index (χ2n) is 12.5. The molecule has 16 nitrogen and oxygen atoms in total. The number of hydrogen-bond donors (Lipinski definition) is 2. The van der Waals surface area contributed by atoms with Crippen LogP contribution < -0.4 is 9.80 Å². The Labute approximate surface area is 335 Å². The van der Waals surface area contributed by atoms with Crippen LogP contribution in [0.15, 0.2) is 75.6 Å². The molecule has 0 saturated carbocycles. The summed E-state index contributed by atoms with van der Waals surface area (Å²) in [5.41, 5.74) is -10.1. The van der Waals surface area contributed by atoms with Crippen LogP contribution in [0.25, 0.3) is 9.44 Å². The van der Waals surface area contributed by atoms with Crippen molar-refractivity contribution in [2.75, 3.05) is 22.9 Å². The molecule has 0 atom stereocenters. The van der Waals surface area contributed by atoms with Gasteiger partial charge in [0.25, 0.3) is 0 Å². The molecule has 57 heavy (non-hydrogen) atoms. The van der Waals surface area contributed by atoms with Gasteiger partial charge in [0.1, 0.15) is 0 Å². The number of rotatable bonds is 12. The van der Waals surface area contributed by atoms with Gasteiger partial charge in [0.05, 0.1) is 11.4 Å². The van der Waals surface area contributed by atoms with Crippen molar-refractivity contribution in [1.82, 2.24) is 19.9 Å². The number of azo groups is 2. The van der Waals surface area contributed by atoms with Gasteiger partial charge in [-0.3, -0.25) is 0 Å². The third-order valence-electron chi connectivity index (χ3n) is 7.89. The zero-order chi connectivity index (χ0) is 41.5. The average Bonchev–Trinajstić information content (AvgIpc) is 3.78. The third-order valence-corrected chi connectivity index (χ3v) is 9.93. The van der Waals surface area contributed by atoms with Gasteiger partial charge in [-0.05, 0) is 77.6 Å². The Morgan fingerprint density at radius 3 is 1.74 bits per heavy atom. The molecule has 0 amide bonds. The van der Waals surface area contributed by atoms with Gasteiger partial charge in [0.15, 0.2) is 20.0 Å². The fourth-order valence-electron chi connectivity index (χ4n) is 5.53. The first-order chi connectivity index (χ1) is 26.1. The van der Waals surface area contributed by atoms with E-state index >= 15 is 0 Å². The van der Waals surface area contributed by atoms with E-state index in [1.54, 1.807) is 12.1 Å². The SMILES string of the molecule is CC(C)N(c1ccc(N=Nc2ncc[nH]2)c([N-]S(=O)(=O)C(F)(F)F)c1)C(C)C.CCN1CCCCc2cc(N=Nc3ncc[nH]3)c([N-]S(=O)(=O)C(F)(F)F)cc21.[Ni+2]. The molecule has 3 heterocycles. The number of alkyl halides is 6. The largest absolute Gasteiger partial charge is 2.00 e. The van der Waals surface area contributed by atoms with Crippen LogP contribution in [0.4, 0.5) is 72.4 Å². The van der Waals surface area contributed by atoms with E-state index in [1.807, 2.05) is 44.4 Å². The minimum absolute atomic E-state index is 0. The first-order valence-corrected chi connectivity index (χ1v) is 19.8. The normalized spacial score (nSPS) is 13.9. The van der Waals surface area contributed by atoms with Crippen molar-refractivity contribution >= 4 is 66.1 Å². The molecule has 25 heteroatoms. The first-order valence-electron chi connectivity index (χ1n) is 16.9. The van der Waals surface area contributed by atoms with Crippen molar-refractivity contribution < 1.29 is 59.7 Å². The van der Waals surface area contributed by atoms with Crippen LogP contribution in [-0.4, -0.2) is 73.0 Å². The average molecular weight is 892 g/mol. The van der Waals surface area contributed by atoms with Crippen molar-refractivity contribution in [3.8, 4) is 0 Å². The maximum Gasteiger partial charge on any atom is 2.00 e. The number of nitrogens with one attached hydrogen (secondary N) is 2. The number of imidazole rings is 2. The number of benzene rings is 2. The van der Waals surface area contributed by atoms with E-state index < -0.39 is 42.4 Å². The molecule has 0 fully saturated rings. The summed E-state index contributed by atoms with van der Waals surface area (Å²) in [6, 6.07) is 7.15. The molecule has 0 unspecified atom stereocenters. The summed E-state index contributed by atoms with van der Waals surface area (Å²) in [4.78, 5) is 16.9.